The smallest absolute Gasteiger partial charge is 0.308 e. The van der Waals surface area contributed by atoms with Crippen LogP contribution in [0.1, 0.15) is 56.6 Å². The molecule has 7 nitrogen and oxygen atoms in total. The molecule has 3 atom stereocenters. The van der Waals surface area contributed by atoms with Gasteiger partial charge in [0.1, 0.15) is 11.5 Å². The minimum atomic E-state index is -0.395. The second kappa shape index (κ2) is 10.9. The molecule has 2 N–H and O–H groups in total. The van der Waals surface area contributed by atoms with Crippen LogP contribution in [0.15, 0.2) is 54.6 Å². The van der Waals surface area contributed by atoms with Gasteiger partial charge in [0, 0.05) is 44.7 Å². The molecular formula is C31H38N2O5. The lowest BCUT2D eigenvalue weighted by Gasteiger charge is -2.60. The molecule has 1 saturated heterocycles. The zero-order chi connectivity index (χ0) is 26.8. The topological polar surface area (TPSA) is 88.1 Å². The van der Waals surface area contributed by atoms with Crippen molar-refractivity contribution in [1.82, 2.24) is 10.2 Å². The molecule has 2 saturated carbocycles. The maximum atomic E-state index is 12.9. The van der Waals surface area contributed by atoms with Crippen molar-refractivity contribution in [3.8, 4) is 11.5 Å². The first kappa shape index (κ1) is 26.4. The number of nitrogens with one attached hydrogen (secondary N) is 1. The van der Waals surface area contributed by atoms with Crippen LogP contribution in [0.2, 0.25) is 0 Å². The number of phenols is 1. The number of benzene rings is 2. The Kier molecular flexibility index (Phi) is 7.59. The number of likely N-dealkylation sites (tertiary alicyclic amines) is 1. The van der Waals surface area contributed by atoms with Crippen LogP contribution in [0.25, 0.3) is 6.08 Å². The number of hydrogen-bond acceptors (Lipinski definition) is 6. The lowest BCUT2D eigenvalue weighted by Crippen LogP contribution is -2.68. The fraction of sp³-hybridized carbons (Fsp3) is 0.484. The van der Waals surface area contributed by atoms with E-state index in [2.05, 4.69) is 16.3 Å². The van der Waals surface area contributed by atoms with Gasteiger partial charge in [-0.1, -0.05) is 24.3 Å². The Morgan fingerprint density at radius 2 is 1.95 bits per heavy atom. The number of esters is 1. The summed E-state index contributed by atoms with van der Waals surface area (Å²) in [5.74, 6) is 1.01. The van der Waals surface area contributed by atoms with E-state index in [0.29, 0.717) is 5.75 Å². The van der Waals surface area contributed by atoms with Crippen LogP contribution < -0.4 is 10.1 Å². The molecule has 1 heterocycles. The zero-order valence-corrected chi connectivity index (χ0v) is 22.3. The first-order valence-corrected chi connectivity index (χ1v) is 13.6. The van der Waals surface area contributed by atoms with Crippen LogP contribution in [0, 0.1) is 5.92 Å². The number of fused-ring (bicyclic) bond motifs is 1. The summed E-state index contributed by atoms with van der Waals surface area (Å²) < 4.78 is 11.9. The Hall–Kier alpha value is -3.16. The highest BCUT2D eigenvalue weighted by molar-refractivity contribution is 5.92. The molecule has 202 valence electrons. The number of ether oxygens (including phenoxy) is 2. The lowest BCUT2D eigenvalue weighted by molar-refractivity contribution is -0.150. The second-order valence-electron chi connectivity index (χ2n) is 11.2. The summed E-state index contributed by atoms with van der Waals surface area (Å²) >= 11 is 0. The normalized spacial score (nSPS) is 27.6. The maximum absolute atomic E-state index is 12.9. The van der Waals surface area contributed by atoms with Crippen molar-refractivity contribution in [3.05, 3.63) is 65.7 Å². The van der Waals surface area contributed by atoms with Gasteiger partial charge in [0.05, 0.1) is 5.60 Å². The molecule has 1 aliphatic heterocycles. The molecule has 38 heavy (non-hydrogen) atoms. The van der Waals surface area contributed by atoms with Gasteiger partial charge in [0.25, 0.3) is 0 Å². The standard InChI is InChI=1S/C31H38N2O5/c1-22(34)38-28-8-4-6-25(18-28)30-15-16-33(20-24-9-10-24)21-31(30,37-2)14-13-26(19-30)32-29(36)12-11-23-5-3-7-27(35)17-23/h3-8,11-12,17-18,24,26,35H,9-10,13-16,19-21H2,1-2H3,(H,32,36)/t26-,30-,31-/m0/s1. The van der Waals surface area contributed by atoms with Gasteiger partial charge in [-0.3, -0.25) is 9.59 Å². The quantitative estimate of drug-likeness (QED) is 0.305. The van der Waals surface area contributed by atoms with Crippen molar-refractivity contribution in [1.29, 1.82) is 0 Å². The first-order valence-electron chi connectivity index (χ1n) is 13.6. The summed E-state index contributed by atoms with van der Waals surface area (Å²) in [5, 5.41) is 12.9. The zero-order valence-electron chi connectivity index (χ0n) is 22.3. The minimum Gasteiger partial charge on any atom is -0.508 e. The van der Waals surface area contributed by atoms with Gasteiger partial charge in [-0.2, -0.15) is 0 Å². The third-order valence-electron chi connectivity index (χ3n) is 8.59. The Morgan fingerprint density at radius 3 is 2.68 bits per heavy atom. The van der Waals surface area contributed by atoms with Gasteiger partial charge in [-0.15, -0.1) is 0 Å². The number of nitrogens with zero attached hydrogens (tertiary/aromatic N) is 1. The molecule has 0 spiro atoms. The number of carbonyl (C=O) groups is 2. The average molecular weight is 519 g/mol. The fourth-order valence-corrected chi connectivity index (χ4v) is 6.61. The van der Waals surface area contributed by atoms with Crippen LogP contribution in [0.5, 0.6) is 11.5 Å². The summed E-state index contributed by atoms with van der Waals surface area (Å²) in [5.41, 5.74) is 1.14. The molecule has 0 radical (unpaired) electrons. The van der Waals surface area contributed by atoms with E-state index < -0.39 is 5.60 Å². The molecule has 1 amide bonds. The van der Waals surface area contributed by atoms with E-state index >= 15 is 0 Å². The summed E-state index contributed by atoms with van der Waals surface area (Å²) in [7, 11) is 1.82. The van der Waals surface area contributed by atoms with Gasteiger partial charge < -0.3 is 24.8 Å². The van der Waals surface area contributed by atoms with Crippen molar-refractivity contribution >= 4 is 18.0 Å². The van der Waals surface area contributed by atoms with Gasteiger partial charge in [0.15, 0.2) is 0 Å². The Morgan fingerprint density at radius 1 is 1.13 bits per heavy atom. The van der Waals surface area contributed by atoms with Gasteiger partial charge in [0.2, 0.25) is 5.91 Å². The molecule has 2 aliphatic carbocycles. The molecule has 3 fully saturated rings. The van der Waals surface area contributed by atoms with E-state index in [4.69, 9.17) is 9.47 Å². The molecule has 5 rings (SSSR count). The predicted molar refractivity (Wildman–Crippen MR) is 146 cm³/mol. The van der Waals surface area contributed by atoms with Crippen LogP contribution >= 0.6 is 0 Å². The third-order valence-corrected chi connectivity index (χ3v) is 8.59. The summed E-state index contributed by atoms with van der Waals surface area (Å²) in [6.45, 7) is 4.36. The average Bonchev–Trinajstić information content (AvgIpc) is 3.71. The highest BCUT2D eigenvalue weighted by Crippen LogP contribution is 2.54. The molecule has 3 aliphatic rings. The van der Waals surface area contributed by atoms with Crippen molar-refractivity contribution in [2.75, 3.05) is 26.7 Å². The highest BCUT2D eigenvalue weighted by atomic mass is 16.5. The van der Waals surface area contributed by atoms with Gasteiger partial charge >= 0.3 is 5.97 Å². The SMILES string of the molecule is CO[C@]12CC[C@H](NC(=O)C=Cc3cccc(O)c3)C[C@]1(c1cccc(OC(C)=O)c1)CCN(CC1CC1)C2. The third kappa shape index (κ3) is 5.64. The monoisotopic (exact) mass is 518 g/mol. The van der Waals surface area contributed by atoms with Crippen LogP contribution in [0.4, 0.5) is 0 Å². The molecule has 0 aromatic heterocycles. The van der Waals surface area contributed by atoms with Crippen molar-refractivity contribution < 1.29 is 24.2 Å². The maximum Gasteiger partial charge on any atom is 0.308 e. The van der Waals surface area contributed by atoms with Crippen LogP contribution in [-0.2, 0) is 19.7 Å². The van der Waals surface area contributed by atoms with E-state index in [9.17, 15) is 14.7 Å². The summed E-state index contributed by atoms with van der Waals surface area (Å²) in [4.78, 5) is 27.2. The number of methoxy groups -OCH3 is 1. The molecule has 0 unspecified atom stereocenters. The number of phenolic OH excluding ortho intramolecular Hbond substituents is 1. The van der Waals surface area contributed by atoms with E-state index in [1.54, 1.807) is 24.3 Å². The number of rotatable bonds is 8. The molecular weight excluding hydrogens is 480 g/mol. The second-order valence-corrected chi connectivity index (χ2v) is 11.2. The van der Waals surface area contributed by atoms with Crippen molar-refractivity contribution in [2.45, 2.75) is 62.5 Å². The number of carbonyl (C=O) groups excluding carboxylic acids is 2. The Labute approximate surface area is 224 Å². The molecule has 0 bridgehead atoms. The highest BCUT2D eigenvalue weighted by Gasteiger charge is 2.59. The number of piperidine rings is 1. The number of aromatic hydroxyl groups is 1. The first-order chi connectivity index (χ1) is 18.3. The molecule has 7 heteroatoms. The van der Waals surface area contributed by atoms with E-state index in [0.717, 1.165) is 62.4 Å². The van der Waals surface area contributed by atoms with E-state index in [1.807, 2.05) is 31.4 Å². The van der Waals surface area contributed by atoms with E-state index in [-0.39, 0.29) is 29.1 Å². The van der Waals surface area contributed by atoms with E-state index in [1.165, 1.54) is 25.8 Å². The summed E-state index contributed by atoms with van der Waals surface area (Å²) in [6.07, 6.45) is 9.17. The number of hydrogen-bond donors (Lipinski definition) is 2. The van der Waals surface area contributed by atoms with Crippen molar-refractivity contribution in [2.24, 2.45) is 5.92 Å². The summed E-state index contributed by atoms with van der Waals surface area (Å²) in [6, 6.07) is 14.7. The molecule has 2 aromatic rings. The Bertz CT molecular complexity index is 1210. The predicted octanol–water partition coefficient (Wildman–Crippen LogP) is 4.44. The van der Waals surface area contributed by atoms with Crippen molar-refractivity contribution in [3.63, 3.8) is 0 Å². The number of amides is 1. The fourth-order valence-electron chi connectivity index (χ4n) is 6.61. The largest absolute Gasteiger partial charge is 0.508 e. The lowest BCUT2D eigenvalue weighted by atomic mass is 9.55. The minimum absolute atomic E-state index is 0.0213. The Balaban J connectivity index is 1.40. The molecule has 2 aromatic carbocycles. The van der Waals surface area contributed by atoms with Crippen LogP contribution in [0.3, 0.4) is 0 Å². The van der Waals surface area contributed by atoms with Crippen LogP contribution in [-0.4, -0.2) is 60.3 Å². The van der Waals surface area contributed by atoms with Gasteiger partial charge in [-0.25, -0.2) is 0 Å². The van der Waals surface area contributed by atoms with Gasteiger partial charge in [-0.05, 0) is 92.5 Å².